The number of anilines is 1. The van der Waals surface area contributed by atoms with E-state index in [0.717, 1.165) is 52.6 Å². The number of nitrogens with zero attached hydrogens (tertiary/aromatic N) is 4. The Morgan fingerprint density at radius 2 is 2.10 bits per heavy atom. The number of likely N-dealkylation sites (N-methyl/N-ethyl adjacent to an activating group) is 1. The summed E-state index contributed by atoms with van der Waals surface area (Å²) in [5.74, 6) is 1.73. The molecule has 0 atom stereocenters. The molecular weight excluding hydrogens is 392 g/mol. The maximum absolute atomic E-state index is 6.59. The van der Waals surface area contributed by atoms with Crippen LogP contribution in [0.2, 0.25) is 5.02 Å². The standard InChI is InChI=1S/C21H25ClN4O3/c1-5-25(8-9-27-3)21-16-11-29-12-18(16)23-20-19(13(2)24-26(20)21)15-7-6-14(28-4)10-17(15)22/h6-7,10H,5,8-9,11-12H2,1-4H3. The second kappa shape index (κ2) is 8.18. The van der Waals surface area contributed by atoms with Crippen LogP contribution in [0.4, 0.5) is 5.82 Å². The maximum Gasteiger partial charge on any atom is 0.165 e. The molecule has 7 nitrogen and oxygen atoms in total. The molecule has 3 heterocycles. The lowest BCUT2D eigenvalue weighted by Gasteiger charge is -2.25. The highest BCUT2D eigenvalue weighted by atomic mass is 35.5. The van der Waals surface area contributed by atoms with E-state index in [9.17, 15) is 0 Å². The normalized spacial score (nSPS) is 13.1. The molecule has 3 aromatic rings. The molecule has 1 aliphatic heterocycles. The van der Waals surface area contributed by atoms with E-state index >= 15 is 0 Å². The fraction of sp³-hybridized carbons (Fsp3) is 0.429. The van der Waals surface area contributed by atoms with Crippen LogP contribution in [0.1, 0.15) is 23.9 Å². The second-order valence-electron chi connectivity index (χ2n) is 6.97. The summed E-state index contributed by atoms with van der Waals surface area (Å²) in [4.78, 5) is 7.18. The van der Waals surface area contributed by atoms with Crippen molar-refractivity contribution in [3.63, 3.8) is 0 Å². The molecule has 0 fully saturated rings. The lowest BCUT2D eigenvalue weighted by molar-refractivity contribution is 0.133. The Morgan fingerprint density at radius 1 is 1.28 bits per heavy atom. The Bertz CT molecular complexity index is 1050. The zero-order valence-electron chi connectivity index (χ0n) is 17.2. The van der Waals surface area contributed by atoms with Crippen molar-refractivity contribution in [1.82, 2.24) is 14.6 Å². The summed E-state index contributed by atoms with van der Waals surface area (Å²) in [6, 6.07) is 5.67. The lowest BCUT2D eigenvalue weighted by atomic mass is 10.1. The molecule has 1 aromatic carbocycles. The van der Waals surface area contributed by atoms with Gasteiger partial charge in [-0.25, -0.2) is 4.98 Å². The first kappa shape index (κ1) is 19.9. The van der Waals surface area contributed by atoms with Gasteiger partial charge in [-0.2, -0.15) is 9.61 Å². The topological polar surface area (TPSA) is 61.1 Å². The van der Waals surface area contributed by atoms with Crippen LogP contribution < -0.4 is 9.64 Å². The molecule has 0 unspecified atom stereocenters. The fourth-order valence-corrected chi connectivity index (χ4v) is 4.08. The number of benzene rings is 1. The van der Waals surface area contributed by atoms with E-state index in [1.165, 1.54) is 0 Å². The maximum atomic E-state index is 6.59. The summed E-state index contributed by atoms with van der Waals surface area (Å²) < 4.78 is 18.3. The molecule has 0 bridgehead atoms. The van der Waals surface area contributed by atoms with Crippen LogP contribution in [-0.4, -0.2) is 48.5 Å². The van der Waals surface area contributed by atoms with Gasteiger partial charge in [0.05, 0.1) is 48.9 Å². The van der Waals surface area contributed by atoms with Crippen molar-refractivity contribution in [2.45, 2.75) is 27.1 Å². The molecule has 4 rings (SSSR count). The van der Waals surface area contributed by atoms with Crippen molar-refractivity contribution in [2.75, 3.05) is 38.8 Å². The first-order valence-corrected chi connectivity index (χ1v) is 10.0. The van der Waals surface area contributed by atoms with E-state index in [1.807, 2.05) is 29.6 Å². The number of rotatable bonds is 7. The summed E-state index contributed by atoms with van der Waals surface area (Å²) >= 11 is 6.59. The number of methoxy groups -OCH3 is 2. The van der Waals surface area contributed by atoms with Gasteiger partial charge in [-0.05, 0) is 32.0 Å². The molecule has 8 heteroatoms. The third-order valence-corrected chi connectivity index (χ3v) is 5.59. The number of aromatic nitrogens is 3. The molecule has 0 saturated carbocycles. The van der Waals surface area contributed by atoms with Crippen molar-refractivity contribution < 1.29 is 14.2 Å². The van der Waals surface area contributed by atoms with Crippen LogP contribution in [-0.2, 0) is 22.7 Å². The number of hydrogen-bond donors (Lipinski definition) is 0. The smallest absolute Gasteiger partial charge is 0.165 e. The third kappa shape index (κ3) is 3.43. The van der Waals surface area contributed by atoms with Crippen molar-refractivity contribution in [1.29, 1.82) is 0 Å². The zero-order chi connectivity index (χ0) is 20.5. The first-order valence-electron chi connectivity index (χ1n) is 9.65. The monoisotopic (exact) mass is 416 g/mol. The second-order valence-corrected chi connectivity index (χ2v) is 7.37. The number of halogens is 1. The number of hydrogen-bond acceptors (Lipinski definition) is 6. The lowest BCUT2D eigenvalue weighted by Crippen LogP contribution is -2.30. The third-order valence-electron chi connectivity index (χ3n) is 5.27. The Morgan fingerprint density at radius 3 is 2.79 bits per heavy atom. The quantitative estimate of drug-likeness (QED) is 0.582. The van der Waals surface area contributed by atoms with Gasteiger partial charge >= 0.3 is 0 Å². The van der Waals surface area contributed by atoms with E-state index in [4.69, 9.17) is 35.9 Å². The van der Waals surface area contributed by atoms with Gasteiger partial charge < -0.3 is 19.1 Å². The number of aryl methyl sites for hydroxylation is 1. The first-order chi connectivity index (χ1) is 14.1. The van der Waals surface area contributed by atoms with Crippen LogP contribution in [0.25, 0.3) is 16.8 Å². The summed E-state index contributed by atoms with van der Waals surface area (Å²) in [6.45, 7) is 7.37. The molecule has 29 heavy (non-hydrogen) atoms. The Balaban J connectivity index is 1.95. The Kier molecular flexibility index (Phi) is 5.63. The molecule has 0 aliphatic carbocycles. The van der Waals surface area contributed by atoms with Gasteiger partial charge in [0.1, 0.15) is 11.6 Å². The van der Waals surface area contributed by atoms with Gasteiger partial charge in [0, 0.05) is 31.3 Å². The summed E-state index contributed by atoms with van der Waals surface area (Å²) in [5.41, 5.74) is 5.51. The summed E-state index contributed by atoms with van der Waals surface area (Å²) in [7, 11) is 3.34. The van der Waals surface area contributed by atoms with Crippen LogP contribution in [0.3, 0.4) is 0 Å². The molecule has 154 valence electrons. The van der Waals surface area contributed by atoms with Gasteiger partial charge in [0.15, 0.2) is 5.65 Å². The van der Waals surface area contributed by atoms with Gasteiger partial charge in [-0.15, -0.1) is 0 Å². The molecule has 2 aromatic heterocycles. The SMILES string of the molecule is CCN(CCOC)c1c2c(nc3c(-c4ccc(OC)cc4Cl)c(C)nn13)COC2. The van der Waals surface area contributed by atoms with Gasteiger partial charge in [-0.1, -0.05) is 11.6 Å². The predicted molar refractivity (Wildman–Crippen MR) is 113 cm³/mol. The van der Waals surface area contributed by atoms with E-state index in [0.29, 0.717) is 30.6 Å². The molecular formula is C21H25ClN4O3. The average Bonchev–Trinajstić information content (AvgIpc) is 3.31. The zero-order valence-corrected chi connectivity index (χ0v) is 17.9. The summed E-state index contributed by atoms with van der Waals surface area (Å²) in [5, 5.41) is 5.46. The minimum Gasteiger partial charge on any atom is -0.497 e. The van der Waals surface area contributed by atoms with Crippen molar-refractivity contribution in [3.05, 3.63) is 40.2 Å². The van der Waals surface area contributed by atoms with Gasteiger partial charge in [0.2, 0.25) is 0 Å². The van der Waals surface area contributed by atoms with Crippen molar-refractivity contribution in [2.24, 2.45) is 0 Å². The molecule has 0 amide bonds. The van der Waals surface area contributed by atoms with Crippen molar-refractivity contribution in [3.8, 4) is 16.9 Å². The van der Waals surface area contributed by atoms with E-state index in [-0.39, 0.29) is 0 Å². The van der Waals surface area contributed by atoms with Gasteiger partial charge in [0.25, 0.3) is 0 Å². The minimum absolute atomic E-state index is 0.501. The summed E-state index contributed by atoms with van der Waals surface area (Å²) in [6.07, 6.45) is 0. The largest absolute Gasteiger partial charge is 0.497 e. The molecule has 1 aliphatic rings. The highest BCUT2D eigenvalue weighted by Gasteiger charge is 2.27. The van der Waals surface area contributed by atoms with E-state index in [2.05, 4.69) is 11.8 Å². The predicted octanol–water partition coefficient (Wildman–Crippen LogP) is 3.87. The Labute approximate surface area is 175 Å². The molecule has 0 radical (unpaired) electrons. The van der Waals surface area contributed by atoms with Crippen LogP contribution in [0, 0.1) is 6.92 Å². The Hall–Kier alpha value is -2.35. The molecule has 0 N–H and O–H groups in total. The van der Waals surface area contributed by atoms with Crippen molar-refractivity contribution >= 4 is 23.1 Å². The number of ether oxygens (including phenoxy) is 3. The molecule has 0 saturated heterocycles. The number of fused-ring (bicyclic) bond motifs is 2. The van der Waals surface area contributed by atoms with E-state index in [1.54, 1.807) is 14.2 Å². The minimum atomic E-state index is 0.501. The average molecular weight is 417 g/mol. The highest BCUT2D eigenvalue weighted by Crippen LogP contribution is 2.38. The van der Waals surface area contributed by atoms with Crippen LogP contribution in [0.15, 0.2) is 18.2 Å². The molecule has 0 spiro atoms. The highest BCUT2D eigenvalue weighted by molar-refractivity contribution is 6.33. The van der Waals surface area contributed by atoms with Crippen LogP contribution in [0.5, 0.6) is 5.75 Å². The van der Waals surface area contributed by atoms with Crippen LogP contribution >= 0.6 is 11.6 Å². The van der Waals surface area contributed by atoms with Gasteiger partial charge in [-0.3, -0.25) is 0 Å². The van der Waals surface area contributed by atoms with E-state index < -0.39 is 0 Å². The fourth-order valence-electron chi connectivity index (χ4n) is 3.82.